The van der Waals surface area contributed by atoms with Crippen molar-refractivity contribution in [1.82, 2.24) is 0 Å². The van der Waals surface area contributed by atoms with Gasteiger partial charge in [-0.3, -0.25) is 0 Å². The molecule has 0 fully saturated rings. The molecular formula is C37H32Cl2Zr. The van der Waals surface area contributed by atoms with E-state index < -0.39 is 23.2 Å². The average Bonchev–Trinajstić information content (AvgIpc) is 3.45. The molecule has 198 valence electrons. The molecule has 7 rings (SSSR count). The molecule has 5 aromatic rings. The van der Waals surface area contributed by atoms with Crippen LogP contribution >= 0.6 is 0 Å². The summed E-state index contributed by atoms with van der Waals surface area (Å²) >= 11 is -0.930. The Morgan fingerprint density at radius 3 is 1.88 bits per heavy atom. The largest absolute Gasteiger partial charge is 1.00 e. The van der Waals surface area contributed by atoms with E-state index in [0.717, 1.165) is 12.8 Å². The summed E-state index contributed by atoms with van der Waals surface area (Å²) in [6.45, 7) is 6.95. The molecule has 0 nitrogen and oxygen atoms in total. The van der Waals surface area contributed by atoms with E-state index in [0.29, 0.717) is 7.25 Å². The molecule has 40 heavy (non-hydrogen) atoms. The Labute approximate surface area is 262 Å². The first kappa shape index (κ1) is 29.1. The third-order valence-electron chi connectivity index (χ3n) is 8.63. The Bertz CT molecular complexity index is 1700. The van der Waals surface area contributed by atoms with Gasteiger partial charge >= 0.3 is 239 Å². The van der Waals surface area contributed by atoms with Crippen molar-refractivity contribution < 1.29 is 48.0 Å². The maximum Gasteiger partial charge on any atom is -1.00 e. The van der Waals surface area contributed by atoms with Crippen molar-refractivity contribution in [1.29, 1.82) is 0 Å². The summed E-state index contributed by atoms with van der Waals surface area (Å²) in [5, 5.41) is 2.62. The second-order valence-electron chi connectivity index (χ2n) is 10.8. The Morgan fingerprint density at radius 1 is 0.575 bits per heavy atom. The summed E-state index contributed by atoms with van der Waals surface area (Å²) in [4.78, 5) is 0. The van der Waals surface area contributed by atoms with Crippen LogP contribution in [-0.2, 0) is 36.1 Å². The van der Waals surface area contributed by atoms with E-state index in [1.54, 1.807) is 22.3 Å². The summed E-state index contributed by atoms with van der Waals surface area (Å²) in [6.07, 6.45) is 4.71. The molecular weight excluding hydrogens is 607 g/mol. The number of aryl methyl sites for hydroxylation is 2. The van der Waals surface area contributed by atoms with Crippen LogP contribution in [0.25, 0.3) is 39.1 Å². The van der Waals surface area contributed by atoms with Crippen molar-refractivity contribution in [2.75, 3.05) is 0 Å². The van der Waals surface area contributed by atoms with Crippen LogP contribution in [0.15, 0.2) is 103 Å². The van der Waals surface area contributed by atoms with Crippen molar-refractivity contribution in [3.63, 3.8) is 0 Å². The molecule has 0 heterocycles. The summed E-state index contributed by atoms with van der Waals surface area (Å²) in [5.41, 5.74) is 16.4. The van der Waals surface area contributed by atoms with Gasteiger partial charge in [0, 0.05) is 0 Å². The Balaban J connectivity index is 0.00000161. The molecule has 0 aliphatic heterocycles. The fourth-order valence-electron chi connectivity index (χ4n) is 6.53. The third kappa shape index (κ3) is 4.85. The molecule has 0 amide bonds. The van der Waals surface area contributed by atoms with Gasteiger partial charge in [0.15, 0.2) is 0 Å². The first-order valence-electron chi connectivity index (χ1n) is 14.0. The number of hydrogen-bond acceptors (Lipinski definition) is 0. The zero-order valence-corrected chi connectivity index (χ0v) is 27.1. The van der Waals surface area contributed by atoms with Gasteiger partial charge in [0.25, 0.3) is 0 Å². The van der Waals surface area contributed by atoms with Crippen molar-refractivity contribution in [2.45, 2.75) is 40.9 Å². The quantitative estimate of drug-likeness (QED) is 0.274. The van der Waals surface area contributed by atoms with Crippen LogP contribution in [0.5, 0.6) is 0 Å². The van der Waals surface area contributed by atoms with E-state index in [9.17, 15) is 0 Å². The van der Waals surface area contributed by atoms with Crippen LogP contribution in [0, 0.1) is 0 Å². The number of allylic oxidation sites excluding steroid dienone is 1. The fourth-order valence-corrected chi connectivity index (χ4v) is 11.3. The minimum absolute atomic E-state index is 0. The second kappa shape index (κ2) is 11.8. The molecule has 0 aromatic heterocycles. The van der Waals surface area contributed by atoms with Crippen LogP contribution in [0.2, 0.25) is 0 Å². The van der Waals surface area contributed by atoms with E-state index in [1.807, 2.05) is 0 Å². The van der Waals surface area contributed by atoms with E-state index in [2.05, 4.69) is 124 Å². The predicted octanol–water partition coefficient (Wildman–Crippen LogP) is 3.95. The number of fused-ring (bicyclic) bond motifs is 5. The van der Waals surface area contributed by atoms with Gasteiger partial charge in [0.1, 0.15) is 0 Å². The van der Waals surface area contributed by atoms with E-state index >= 15 is 0 Å². The second-order valence-corrected chi connectivity index (χ2v) is 14.5. The van der Waals surface area contributed by atoms with Gasteiger partial charge in [-0.05, 0) is 0 Å². The van der Waals surface area contributed by atoms with Crippen LogP contribution in [-0.4, -0.2) is 0 Å². The Morgan fingerprint density at radius 2 is 1.23 bits per heavy atom. The fraction of sp³-hybridized carbons (Fsp3) is 0.189. The van der Waals surface area contributed by atoms with Crippen molar-refractivity contribution >= 4 is 16.8 Å². The van der Waals surface area contributed by atoms with Crippen molar-refractivity contribution in [3.05, 3.63) is 136 Å². The molecule has 2 aliphatic rings. The molecule has 0 saturated heterocycles. The standard InChI is InChI=1S/C20H15.C17H17.2ClH.Zr/c1-14-11-17-7-4-8-19(20(17)12-14)18-10-9-15-5-2-3-6-16(15)13-18;1-3-12-5-7-16-14(9-12)11-15-10-13(4-2)6-8-17(15)16;;;/h2-13H,1H3;5-11H,3-4H2,1-2H3;2*1H;/q;;;;+2/p-2. The normalized spacial score (nSPS) is 14.9. The summed E-state index contributed by atoms with van der Waals surface area (Å²) in [5.74, 6) is 0. The van der Waals surface area contributed by atoms with Gasteiger partial charge in [-0.2, -0.15) is 0 Å². The zero-order valence-electron chi connectivity index (χ0n) is 23.1. The van der Waals surface area contributed by atoms with Crippen LogP contribution in [0.3, 0.4) is 0 Å². The van der Waals surface area contributed by atoms with Crippen molar-refractivity contribution in [3.8, 4) is 22.3 Å². The smallest absolute Gasteiger partial charge is 1.00 e. The summed E-state index contributed by atoms with van der Waals surface area (Å²) < 4.78 is 1.21. The van der Waals surface area contributed by atoms with Gasteiger partial charge in [-0.15, -0.1) is 0 Å². The van der Waals surface area contributed by atoms with Crippen LogP contribution in [0.4, 0.5) is 0 Å². The summed E-state index contributed by atoms with van der Waals surface area (Å²) in [7, 11) is 0. The molecule has 1 atom stereocenters. The first-order chi connectivity index (χ1) is 18.6. The molecule has 0 saturated carbocycles. The van der Waals surface area contributed by atoms with E-state index in [4.69, 9.17) is 0 Å². The van der Waals surface area contributed by atoms with Gasteiger partial charge in [-0.25, -0.2) is 0 Å². The topological polar surface area (TPSA) is 0 Å². The van der Waals surface area contributed by atoms with Gasteiger partial charge < -0.3 is 24.8 Å². The van der Waals surface area contributed by atoms with Gasteiger partial charge in [0.05, 0.1) is 0 Å². The van der Waals surface area contributed by atoms with E-state index in [-0.39, 0.29) is 24.8 Å². The Hall–Kier alpha value is -2.44. The maximum absolute atomic E-state index is 2.53. The average molecular weight is 639 g/mol. The van der Waals surface area contributed by atoms with E-state index in [1.165, 1.54) is 49.7 Å². The minimum atomic E-state index is -0.930. The maximum atomic E-state index is 2.53. The van der Waals surface area contributed by atoms with Gasteiger partial charge in [-0.1, -0.05) is 0 Å². The van der Waals surface area contributed by atoms with Gasteiger partial charge in [0.2, 0.25) is 0 Å². The SMILES string of the molecule is CCc1ccc2c(c1)[CH]([Zr+2][CH]1C(C)=Cc3c(-c4ccc5ccccc5c4)cccc31)c1cc(CC)ccc1-2.[Cl-].[Cl-]. The number of halogens is 2. The minimum Gasteiger partial charge on any atom is -1.00 e. The zero-order chi connectivity index (χ0) is 25.8. The molecule has 0 bridgehead atoms. The molecule has 5 aromatic carbocycles. The number of benzene rings is 5. The number of rotatable bonds is 5. The molecule has 0 N–H and O–H groups in total. The van der Waals surface area contributed by atoms with Crippen LogP contribution < -0.4 is 24.8 Å². The number of hydrogen-bond donors (Lipinski definition) is 0. The molecule has 1 unspecified atom stereocenters. The molecule has 2 aliphatic carbocycles. The first-order valence-corrected chi connectivity index (χ1v) is 16.8. The summed E-state index contributed by atoms with van der Waals surface area (Å²) in [6, 6.07) is 37.2. The molecule has 0 spiro atoms. The monoisotopic (exact) mass is 636 g/mol. The van der Waals surface area contributed by atoms with Crippen LogP contribution in [0.1, 0.15) is 61.4 Å². The van der Waals surface area contributed by atoms with Crippen molar-refractivity contribution in [2.24, 2.45) is 0 Å². The Kier molecular flexibility index (Phi) is 8.59. The molecule has 0 radical (unpaired) electrons. The predicted molar refractivity (Wildman–Crippen MR) is 158 cm³/mol. The third-order valence-corrected chi connectivity index (χ3v) is 13.7. The molecule has 3 heteroatoms.